The zero-order chi connectivity index (χ0) is 41.4. The minimum atomic E-state index is -3.61. The van der Waals surface area contributed by atoms with Crippen molar-refractivity contribution in [3.8, 4) is 5.75 Å². The van der Waals surface area contributed by atoms with Crippen LogP contribution in [-0.4, -0.2) is 51.8 Å². The first-order chi connectivity index (χ1) is 24.1. The molecule has 0 aliphatic carbocycles. The van der Waals surface area contributed by atoms with Gasteiger partial charge in [-0.2, -0.15) is 0 Å². The molecular formula is C30H36FN3O4. The second-order valence-electron chi connectivity index (χ2n) is 9.44. The molecule has 0 radical (unpaired) electrons. The Balaban J connectivity index is 1.56. The largest absolute Gasteiger partial charge is 0.488 e. The smallest absolute Gasteiger partial charge is 0.255 e. The summed E-state index contributed by atoms with van der Waals surface area (Å²) < 4.78 is 163. The van der Waals surface area contributed by atoms with Gasteiger partial charge in [-0.05, 0) is 70.2 Å². The molecule has 0 aromatic heterocycles. The Morgan fingerprint density at radius 1 is 1.29 bits per heavy atom. The first-order valence-electron chi connectivity index (χ1n) is 19.5. The van der Waals surface area contributed by atoms with Crippen LogP contribution in [-0.2, 0) is 29.1 Å². The van der Waals surface area contributed by atoms with Crippen LogP contribution in [0.2, 0.25) is 0 Å². The van der Waals surface area contributed by atoms with E-state index in [1.165, 1.54) is 13.8 Å². The van der Waals surface area contributed by atoms with Crippen LogP contribution in [0.1, 0.15) is 89.3 Å². The minimum Gasteiger partial charge on any atom is -0.488 e. The monoisotopic (exact) mass is 537 g/mol. The predicted octanol–water partition coefficient (Wildman–Crippen LogP) is 4.54. The number of hydrogen-bond acceptors (Lipinski definition) is 5. The van der Waals surface area contributed by atoms with Gasteiger partial charge in [-0.1, -0.05) is 18.7 Å². The van der Waals surface area contributed by atoms with E-state index in [4.69, 9.17) is 31.4 Å². The first kappa shape index (κ1) is 13.2. The third-order valence-corrected chi connectivity index (χ3v) is 5.57. The molecule has 2 atom stereocenters. The number of carbonyl (C=O) groups excluding carboxylic acids is 2. The maximum Gasteiger partial charge on any atom is 0.255 e. The molecule has 2 unspecified atom stereocenters. The van der Waals surface area contributed by atoms with Gasteiger partial charge in [0.15, 0.2) is 0 Å². The third-order valence-electron chi connectivity index (χ3n) is 5.57. The lowest BCUT2D eigenvalue weighted by Crippen LogP contribution is -2.56. The number of fused-ring (bicyclic) bond motifs is 1. The number of amides is 2. The first-order valence-corrected chi connectivity index (χ1v) is 11.5. The molecule has 8 heteroatoms. The normalized spacial score (nSPS) is 40.8. The lowest BCUT2D eigenvalue weighted by atomic mass is 9.98. The molecule has 3 heterocycles. The number of piperidine rings is 1. The van der Waals surface area contributed by atoms with Gasteiger partial charge < -0.3 is 19.7 Å². The zero-order valence-electron chi connectivity index (χ0n) is 36.8. The molecule has 1 N–H and O–H groups in total. The van der Waals surface area contributed by atoms with Crippen LogP contribution in [0.25, 0.3) is 0 Å². The maximum atomic E-state index is 15.5. The number of nitrogens with one attached hydrogen (secondary N) is 1. The average Bonchev–Trinajstić information content (AvgIpc) is 3.22. The number of carbonyl (C=O) groups is 2. The quantitative estimate of drug-likeness (QED) is 0.586. The second kappa shape index (κ2) is 9.82. The lowest BCUT2D eigenvalue weighted by molar-refractivity contribution is -0.182. The van der Waals surface area contributed by atoms with Gasteiger partial charge in [0, 0.05) is 57.0 Å². The Morgan fingerprint density at radius 3 is 2.87 bits per heavy atom. The Hall–Kier alpha value is -3.23. The molecule has 2 amide bonds. The van der Waals surface area contributed by atoms with Crippen molar-refractivity contribution >= 4 is 11.8 Å². The molecule has 3 aliphatic rings. The standard InChI is InChI=1S/C30H36FN3O4/c1-19-9-12-25(27(35)32-19)34-15-23-22(28(34)36)7-6-8-26(23)37-16-21-13-20(10-11-24(21)31)14-33-17-29(2,3)38-30(4,5)18-33/h6-8,10-11,13,25H,1,9,12,14-18H2,2-5H3,(H,32,35)/i2D3,9D2,12D2,15D2,16D2,17D2,18D2,25D. The second-order valence-corrected chi connectivity index (χ2v) is 9.44. The van der Waals surface area contributed by atoms with Crippen molar-refractivity contribution < 1.29 is 45.4 Å². The summed E-state index contributed by atoms with van der Waals surface area (Å²) in [5.74, 6) is -5.07. The molecule has 2 saturated heterocycles. The SMILES string of the molecule is [2H]C([2H])(Oc1cccc2c1C([2H])([2H])N(C1([2H])C(=O)NC(=C)C([2H])([2H])C1([2H])[2H])C2=O)c1cc(CN2C([2H])([2H])C(C)(C)OC(C)(C([2H])([2H])[2H])C2([2H])[2H])ccc1F. The Labute approximate surface area is 246 Å². The van der Waals surface area contributed by atoms with Crippen molar-refractivity contribution in [2.45, 2.75) is 77.2 Å². The van der Waals surface area contributed by atoms with Gasteiger partial charge in [0.25, 0.3) is 5.91 Å². The molecule has 0 bridgehead atoms. The summed E-state index contributed by atoms with van der Waals surface area (Å²) >= 11 is 0. The highest BCUT2D eigenvalue weighted by atomic mass is 19.1. The number of ether oxygens (including phenoxy) is 2. The van der Waals surface area contributed by atoms with E-state index in [2.05, 4.69) is 6.58 Å². The van der Waals surface area contributed by atoms with Gasteiger partial charge in [-0.25, -0.2) is 4.39 Å². The molecule has 202 valence electrons. The molecule has 3 aliphatic heterocycles. The highest BCUT2D eigenvalue weighted by Crippen LogP contribution is 2.35. The minimum absolute atomic E-state index is 0.118. The number of halogens is 1. The van der Waals surface area contributed by atoms with Crippen LogP contribution in [0, 0.1) is 5.82 Å². The molecule has 0 spiro atoms. The number of nitrogens with zero attached hydrogens (tertiary/aromatic N) is 2. The molecule has 2 aromatic rings. The van der Waals surface area contributed by atoms with Gasteiger partial charge in [-0.3, -0.25) is 14.5 Å². The van der Waals surface area contributed by atoms with Crippen LogP contribution in [0.4, 0.5) is 4.39 Å². The van der Waals surface area contributed by atoms with Crippen molar-refractivity contribution in [3.05, 3.63) is 76.7 Å². The third kappa shape index (κ3) is 5.47. The van der Waals surface area contributed by atoms with Crippen LogP contribution < -0.4 is 10.1 Å². The highest BCUT2D eigenvalue weighted by molar-refractivity contribution is 6.02. The van der Waals surface area contributed by atoms with E-state index in [1.807, 2.05) is 5.32 Å². The van der Waals surface area contributed by atoms with E-state index in [0.29, 0.717) is 4.90 Å². The Kier molecular flexibility index (Phi) is 3.42. The van der Waals surface area contributed by atoms with Crippen molar-refractivity contribution in [2.24, 2.45) is 0 Å². The number of rotatable bonds is 6. The van der Waals surface area contributed by atoms with Gasteiger partial charge in [0.05, 0.1) is 24.6 Å². The van der Waals surface area contributed by atoms with Gasteiger partial charge in [-0.15, -0.1) is 0 Å². The summed E-state index contributed by atoms with van der Waals surface area (Å²) in [4.78, 5) is 27.4. The van der Waals surface area contributed by atoms with Crippen molar-refractivity contribution in [1.82, 2.24) is 15.1 Å². The number of morpholine rings is 1. The fourth-order valence-corrected chi connectivity index (χ4v) is 4.21. The topological polar surface area (TPSA) is 71.1 Å². The number of hydrogen-bond donors (Lipinski definition) is 1. The van der Waals surface area contributed by atoms with E-state index in [-0.39, 0.29) is 10.5 Å². The summed E-state index contributed by atoms with van der Waals surface area (Å²) in [7, 11) is 0. The summed E-state index contributed by atoms with van der Waals surface area (Å²) in [5.41, 5.74) is -7.69. The molecule has 38 heavy (non-hydrogen) atoms. The van der Waals surface area contributed by atoms with E-state index in [1.54, 1.807) is 0 Å². The van der Waals surface area contributed by atoms with Crippen LogP contribution in [0.5, 0.6) is 5.75 Å². The van der Waals surface area contributed by atoms with Gasteiger partial charge in [0.1, 0.15) is 24.1 Å². The van der Waals surface area contributed by atoms with Crippen LogP contribution >= 0.6 is 0 Å². The van der Waals surface area contributed by atoms with E-state index < -0.39 is 115 Å². The predicted molar refractivity (Wildman–Crippen MR) is 142 cm³/mol. The zero-order valence-corrected chi connectivity index (χ0v) is 20.8. The average molecular weight is 538 g/mol. The fourth-order valence-electron chi connectivity index (χ4n) is 4.21. The summed E-state index contributed by atoms with van der Waals surface area (Å²) in [6.45, 7) is -9.50. The van der Waals surface area contributed by atoms with Gasteiger partial charge in [0.2, 0.25) is 5.91 Å². The van der Waals surface area contributed by atoms with Gasteiger partial charge >= 0.3 is 0 Å². The van der Waals surface area contributed by atoms with E-state index in [0.717, 1.165) is 43.3 Å². The Bertz CT molecular complexity index is 1950. The lowest BCUT2D eigenvalue weighted by Gasteiger charge is -2.47. The number of allylic oxidation sites excluding steroid dienone is 1. The Morgan fingerprint density at radius 2 is 2.08 bits per heavy atom. The van der Waals surface area contributed by atoms with Crippen LogP contribution in [0.3, 0.4) is 0 Å². The van der Waals surface area contributed by atoms with Crippen LogP contribution in [0.15, 0.2) is 48.7 Å². The molecule has 5 rings (SSSR count). The molecule has 7 nitrogen and oxygen atoms in total. The highest BCUT2D eigenvalue weighted by Gasteiger charge is 2.40. The summed E-state index contributed by atoms with van der Waals surface area (Å²) in [5, 5.41) is 1.90. The van der Waals surface area contributed by atoms with E-state index in [9.17, 15) is 9.59 Å². The molecular weight excluding hydrogens is 485 g/mol. The van der Waals surface area contributed by atoms with Crippen molar-refractivity contribution in [2.75, 3.05) is 13.0 Å². The molecule has 2 fully saturated rings. The fraction of sp³-hybridized carbons (Fsp3) is 0.467. The van der Waals surface area contributed by atoms with Crippen molar-refractivity contribution in [1.29, 1.82) is 0 Å². The molecule has 0 saturated carbocycles. The molecule has 2 aromatic carbocycles. The van der Waals surface area contributed by atoms with E-state index >= 15 is 4.39 Å². The maximum absolute atomic E-state index is 15.5. The van der Waals surface area contributed by atoms with Crippen molar-refractivity contribution in [3.63, 3.8) is 0 Å². The number of benzene rings is 2. The summed E-state index contributed by atoms with van der Waals surface area (Å²) in [6.07, 6.45) is -6.79. The summed E-state index contributed by atoms with van der Waals surface area (Å²) in [6, 6.07) is 2.21.